The third-order valence-corrected chi connectivity index (χ3v) is 3.44. The van der Waals surface area contributed by atoms with E-state index in [1.807, 2.05) is 30.3 Å². The maximum absolute atomic E-state index is 11.7. The monoisotopic (exact) mass is 300 g/mol. The Kier molecular flexibility index (Phi) is 5.49. The molecule has 5 heteroatoms. The smallest absolute Gasteiger partial charge is 0.248 e. The predicted octanol–water partition coefficient (Wildman–Crippen LogP) is 1.31. The molecule has 2 N–H and O–H groups in total. The van der Waals surface area contributed by atoms with Crippen molar-refractivity contribution in [1.29, 1.82) is 0 Å². The third kappa shape index (κ3) is 4.30. The van der Waals surface area contributed by atoms with E-state index in [1.54, 1.807) is 13.0 Å². The number of hydrogen-bond donors (Lipinski definition) is 2. The number of carbonyl (C=O) groups is 2. The van der Waals surface area contributed by atoms with Crippen LogP contribution in [0.4, 0.5) is 0 Å². The Balaban J connectivity index is 1.68. The van der Waals surface area contributed by atoms with Crippen LogP contribution in [0.1, 0.15) is 18.9 Å². The van der Waals surface area contributed by atoms with E-state index in [0.29, 0.717) is 25.1 Å². The Labute approximate surface area is 129 Å². The Morgan fingerprint density at radius 1 is 1.36 bits per heavy atom. The molecule has 2 rings (SSSR count). The second-order valence-electron chi connectivity index (χ2n) is 5.18. The van der Waals surface area contributed by atoms with Gasteiger partial charge in [-0.1, -0.05) is 30.3 Å². The number of amides is 2. The molecule has 0 aliphatic carbocycles. The number of aliphatic hydroxyl groups is 1. The van der Waals surface area contributed by atoms with E-state index < -0.39 is 6.23 Å². The fourth-order valence-corrected chi connectivity index (χ4v) is 2.21. The van der Waals surface area contributed by atoms with Gasteiger partial charge in [0.15, 0.2) is 6.23 Å². The molecule has 0 bridgehead atoms. The number of rotatable bonds is 6. The van der Waals surface area contributed by atoms with Gasteiger partial charge in [0.1, 0.15) is 0 Å². The van der Waals surface area contributed by atoms with Crippen molar-refractivity contribution < 1.29 is 14.7 Å². The lowest BCUT2D eigenvalue weighted by Gasteiger charge is -2.21. The minimum absolute atomic E-state index is 0.175. The molecule has 0 spiro atoms. The Bertz CT molecular complexity index is 593. The van der Waals surface area contributed by atoms with E-state index >= 15 is 0 Å². The maximum Gasteiger partial charge on any atom is 0.248 e. The van der Waals surface area contributed by atoms with Crippen molar-refractivity contribution in [2.24, 2.45) is 0 Å². The first kappa shape index (κ1) is 16.0. The van der Waals surface area contributed by atoms with Crippen LogP contribution in [0, 0.1) is 0 Å². The molecule has 1 atom stereocenters. The van der Waals surface area contributed by atoms with E-state index in [9.17, 15) is 14.7 Å². The van der Waals surface area contributed by atoms with Crippen molar-refractivity contribution in [2.75, 3.05) is 13.1 Å². The van der Waals surface area contributed by atoms with Crippen LogP contribution in [-0.4, -0.2) is 41.1 Å². The van der Waals surface area contributed by atoms with Gasteiger partial charge in [0.2, 0.25) is 11.8 Å². The number of nitrogens with zero attached hydrogens (tertiary/aromatic N) is 1. The molecule has 116 valence electrons. The molecule has 2 amide bonds. The van der Waals surface area contributed by atoms with Crippen molar-refractivity contribution >= 4 is 17.9 Å². The highest BCUT2D eigenvalue weighted by molar-refractivity contribution is 5.92. The van der Waals surface area contributed by atoms with E-state index in [0.717, 1.165) is 5.56 Å². The average molecular weight is 300 g/mol. The summed E-state index contributed by atoms with van der Waals surface area (Å²) in [6.45, 7) is 2.59. The van der Waals surface area contributed by atoms with E-state index in [1.165, 1.54) is 17.1 Å². The molecular formula is C17H20N2O3. The zero-order chi connectivity index (χ0) is 15.9. The van der Waals surface area contributed by atoms with Crippen molar-refractivity contribution in [3.63, 3.8) is 0 Å². The van der Waals surface area contributed by atoms with Gasteiger partial charge in [0.05, 0.1) is 0 Å². The molecule has 0 radical (unpaired) electrons. The molecule has 0 saturated heterocycles. The summed E-state index contributed by atoms with van der Waals surface area (Å²) in [5, 5.41) is 12.5. The van der Waals surface area contributed by atoms with Crippen molar-refractivity contribution in [2.45, 2.75) is 19.6 Å². The van der Waals surface area contributed by atoms with Gasteiger partial charge < -0.3 is 15.3 Å². The van der Waals surface area contributed by atoms with E-state index in [-0.39, 0.29) is 11.8 Å². The Morgan fingerprint density at radius 3 is 2.73 bits per heavy atom. The van der Waals surface area contributed by atoms with Crippen LogP contribution < -0.4 is 5.32 Å². The molecule has 1 heterocycles. The summed E-state index contributed by atoms with van der Waals surface area (Å²) < 4.78 is 0. The highest BCUT2D eigenvalue weighted by atomic mass is 16.3. The zero-order valence-electron chi connectivity index (χ0n) is 12.5. The molecule has 0 fully saturated rings. The molecule has 0 saturated carbocycles. The standard InChI is InChI=1S/C17H20N2O3/c1-13-12-16(21)19(17(13)22)11-5-10-18-15(20)9-8-14-6-3-2-4-7-14/h2-4,6-9,12,17,22H,5,10-11H2,1H3,(H,18,20)/b9-8+. The minimum atomic E-state index is -0.832. The summed E-state index contributed by atoms with van der Waals surface area (Å²) in [5.41, 5.74) is 1.62. The highest BCUT2D eigenvalue weighted by Gasteiger charge is 2.27. The quantitative estimate of drug-likeness (QED) is 0.615. The van der Waals surface area contributed by atoms with Crippen molar-refractivity contribution in [3.8, 4) is 0 Å². The molecule has 1 unspecified atom stereocenters. The van der Waals surface area contributed by atoms with Crippen molar-refractivity contribution in [1.82, 2.24) is 10.2 Å². The van der Waals surface area contributed by atoms with E-state index in [2.05, 4.69) is 5.32 Å². The van der Waals surface area contributed by atoms with Crippen LogP contribution in [0.3, 0.4) is 0 Å². The SMILES string of the molecule is CC1=CC(=O)N(CCCNC(=O)/C=C/c2ccccc2)C1O. The van der Waals surface area contributed by atoms with Crippen LogP contribution >= 0.6 is 0 Å². The molecule has 0 aromatic heterocycles. The number of aliphatic hydroxyl groups excluding tert-OH is 1. The third-order valence-electron chi connectivity index (χ3n) is 3.44. The van der Waals surface area contributed by atoms with Gasteiger partial charge >= 0.3 is 0 Å². The second-order valence-corrected chi connectivity index (χ2v) is 5.18. The maximum atomic E-state index is 11.7. The van der Waals surface area contributed by atoms with Gasteiger partial charge in [-0.25, -0.2) is 0 Å². The topological polar surface area (TPSA) is 69.6 Å². The first-order valence-electron chi connectivity index (χ1n) is 7.26. The van der Waals surface area contributed by atoms with Crippen molar-refractivity contribution in [3.05, 3.63) is 53.6 Å². The van der Waals surface area contributed by atoms with Crippen LogP contribution in [0.25, 0.3) is 6.08 Å². The van der Waals surface area contributed by atoms with Crippen LogP contribution in [0.2, 0.25) is 0 Å². The van der Waals surface area contributed by atoms with Gasteiger partial charge in [-0.05, 0) is 30.6 Å². The van der Waals surface area contributed by atoms with Gasteiger partial charge in [-0.3, -0.25) is 9.59 Å². The van der Waals surface area contributed by atoms with Gasteiger partial charge in [-0.15, -0.1) is 0 Å². The summed E-state index contributed by atoms with van der Waals surface area (Å²) in [6.07, 6.45) is 4.43. The number of hydrogen-bond acceptors (Lipinski definition) is 3. The summed E-state index contributed by atoms with van der Waals surface area (Å²) in [7, 11) is 0. The molecule has 1 aliphatic rings. The Hall–Kier alpha value is -2.40. The lowest BCUT2D eigenvalue weighted by Crippen LogP contribution is -2.37. The van der Waals surface area contributed by atoms with Crippen LogP contribution in [-0.2, 0) is 9.59 Å². The summed E-state index contributed by atoms with van der Waals surface area (Å²) in [6, 6.07) is 9.57. The molecule has 22 heavy (non-hydrogen) atoms. The number of benzene rings is 1. The van der Waals surface area contributed by atoms with Gasteiger partial charge in [0.25, 0.3) is 0 Å². The summed E-state index contributed by atoms with van der Waals surface area (Å²) in [4.78, 5) is 24.6. The molecular weight excluding hydrogens is 280 g/mol. The largest absolute Gasteiger partial charge is 0.369 e. The minimum Gasteiger partial charge on any atom is -0.369 e. The first-order chi connectivity index (χ1) is 10.6. The van der Waals surface area contributed by atoms with Crippen LogP contribution in [0.5, 0.6) is 0 Å². The zero-order valence-corrected chi connectivity index (χ0v) is 12.5. The lowest BCUT2D eigenvalue weighted by molar-refractivity contribution is -0.131. The van der Waals surface area contributed by atoms with Gasteiger partial charge in [-0.2, -0.15) is 0 Å². The Morgan fingerprint density at radius 2 is 2.09 bits per heavy atom. The first-order valence-corrected chi connectivity index (χ1v) is 7.26. The lowest BCUT2D eigenvalue weighted by atomic mass is 10.2. The van der Waals surface area contributed by atoms with Gasteiger partial charge in [0, 0.05) is 25.2 Å². The summed E-state index contributed by atoms with van der Waals surface area (Å²) >= 11 is 0. The second kappa shape index (κ2) is 7.56. The molecule has 1 aliphatic heterocycles. The molecule has 1 aromatic rings. The predicted molar refractivity (Wildman–Crippen MR) is 84.6 cm³/mol. The summed E-state index contributed by atoms with van der Waals surface area (Å²) in [5.74, 6) is -0.355. The molecule has 1 aromatic carbocycles. The normalized spacial score (nSPS) is 17.9. The number of carbonyl (C=O) groups excluding carboxylic acids is 2. The molecule has 5 nitrogen and oxygen atoms in total. The fourth-order valence-electron chi connectivity index (χ4n) is 2.21. The van der Waals surface area contributed by atoms with Crippen LogP contribution in [0.15, 0.2) is 48.1 Å². The fraction of sp³-hybridized carbons (Fsp3) is 0.294. The highest BCUT2D eigenvalue weighted by Crippen LogP contribution is 2.16. The van der Waals surface area contributed by atoms with E-state index in [4.69, 9.17) is 0 Å². The number of nitrogens with one attached hydrogen (secondary N) is 1. The average Bonchev–Trinajstić information content (AvgIpc) is 2.76.